The largest absolute Gasteiger partial charge is 0.370 e. The van der Waals surface area contributed by atoms with Crippen molar-refractivity contribution in [1.82, 2.24) is 62.3 Å². The number of unbranched alkanes of at least 4 members (excludes halogenated alkanes) is 1. The van der Waals surface area contributed by atoms with Gasteiger partial charge in [-0.2, -0.15) is 0 Å². The van der Waals surface area contributed by atoms with Gasteiger partial charge in [-0.05, 0) is 130 Å². The number of hydrogen-bond donors (Lipinski definition) is 16. The quantitative estimate of drug-likeness (QED) is 0.0148. The van der Waals surface area contributed by atoms with Crippen LogP contribution in [-0.2, 0) is 83.2 Å². The summed E-state index contributed by atoms with van der Waals surface area (Å²) in [5.74, 6) is -9.02. The zero-order valence-corrected chi connectivity index (χ0v) is 64.6. The van der Waals surface area contributed by atoms with E-state index in [9.17, 15) is 33.6 Å². The molecule has 4 heterocycles. The molecule has 6 aromatic rings. The molecule has 12 amide bonds. The number of hydrogen-bond acceptors (Lipinski definition) is 15. The summed E-state index contributed by atoms with van der Waals surface area (Å²) in [5.41, 5.74) is 37.3. The van der Waals surface area contributed by atoms with Crippen molar-refractivity contribution in [2.45, 2.75) is 222 Å². The van der Waals surface area contributed by atoms with Gasteiger partial charge in [0.25, 0.3) is 0 Å². The van der Waals surface area contributed by atoms with Crippen molar-refractivity contribution < 1.29 is 57.5 Å². The first kappa shape index (κ1) is 86.4. The van der Waals surface area contributed by atoms with E-state index in [1.807, 2.05) is 70.2 Å². The number of carbonyl (C=O) groups is 12. The van der Waals surface area contributed by atoms with Crippen molar-refractivity contribution in [1.29, 1.82) is 0 Å². The van der Waals surface area contributed by atoms with Crippen LogP contribution in [0.15, 0.2) is 127 Å². The number of nitrogens with two attached hydrogens (primary N) is 6. The van der Waals surface area contributed by atoms with Crippen molar-refractivity contribution >= 4 is 98.7 Å². The normalized spacial score (nSPS) is 16.3. The molecule has 0 saturated carbocycles. The van der Waals surface area contributed by atoms with E-state index in [1.54, 1.807) is 79.1 Å². The highest BCUT2D eigenvalue weighted by atomic mass is 16.2. The van der Waals surface area contributed by atoms with E-state index in [-0.39, 0.29) is 95.7 Å². The summed E-state index contributed by atoms with van der Waals surface area (Å²) in [4.78, 5) is 188. The Labute approximate surface area is 653 Å². The molecule has 2 saturated heterocycles. The van der Waals surface area contributed by atoms with Crippen molar-refractivity contribution in [3.63, 3.8) is 0 Å². The van der Waals surface area contributed by atoms with Crippen molar-refractivity contribution in [2.24, 2.45) is 45.3 Å². The van der Waals surface area contributed by atoms with Crippen LogP contribution in [0.5, 0.6) is 0 Å². The molecule has 2 aromatic heterocycles. The average molecular weight is 1540 g/mol. The number of aromatic amines is 2. The van der Waals surface area contributed by atoms with Crippen molar-refractivity contribution in [3.8, 4) is 0 Å². The lowest BCUT2D eigenvalue weighted by atomic mass is 9.87. The zero-order chi connectivity index (χ0) is 81.0. The van der Waals surface area contributed by atoms with Crippen LogP contribution < -0.4 is 76.9 Å². The van der Waals surface area contributed by atoms with Crippen LogP contribution in [0.1, 0.15) is 153 Å². The Morgan fingerprint density at radius 3 is 1.40 bits per heavy atom. The summed E-state index contributed by atoms with van der Waals surface area (Å²) in [6, 6.07) is 19.2. The Bertz CT molecular complexity index is 4230. The minimum Gasteiger partial charge on any atom is -0.370 e. The van der Waals surface area contributed by atoms with Gasteiger partial charge >= 0.3 is 0 Å². The van der Waals surface area contributed by atoms with Gasteiger partial charge in [-0.15, -0.1) is 0 Å². The van der Waals surface area contributed by atoms with E-state index in [4.69, 9.17) is 34.4 Å². The maximum absolute atomic E-state index is 15.6. The number of aromatic nitrogens is 2. The summed E-state index contributed by atoms with van der Waals surface area (Å²) < 4.78 is 0. The number of rotatable bonds is 44. The predicted molar refractivity (Wildman–Crippen MR) is 426 cm³/mol. The lowest BCUT2D eigenvalue weighted by Gasteiger charge is -2.34. The zero-order valence-electron chi connectivity index (χ0n) is 64.6. The summed E-state index contributed by atoms with van der Waals surface area (Å²) in [5, 5.41) is 24.4. The smallest absolute Gasteiger partial charge is 0.245 e. The fourth-order valence-electron chi connectivity index (χ4n) is 14.9. The Kier molecular flexibility index (Phi) is 32.6. The third-order valence-electron chi connectivity index (χ3n) is 20.7. The molecule has 2 aliphatic heterocycles. The minimum absolute atomic E-state index is 0.0925. The Hall–Kier alpha value is -11.2. The lowest BCUT2D eigenvalue weighted by Crippen LogP contribution is -2.63. The highest BCUT2D eigenvalue weighted by molar-refractivity contribution is 6.01. The summed E-state index contributed by atoms with van der Waals surface area (Å²) >= 11 is 0. The molecule has 0 spiro atoms. The SMILES string of the molecule is CCCC(CCC)(NC(=O)[C@H](CC(C)C)NC(=O)[C@@H](Cc1c[nH]c2ccccc12)NC(=O)[C@H](Cc1ccccc1)NC(=O)[C@@H](Cc1c[nH]c2ccccc12)NC(=O)[C@H](CCC(N)=O)NC(=O)[C@@H](Cc1ccccc1)NC(=O)[C@@H]1CCCN1C(=O)[C@H](CCCCN)NC(=O)[C@@H]1CCCN1C(=O)[C@H](N)CCCN=C(N)N)C(N)=O. The summed E-state index contributed by atoms with van der Waals surface area (Å²) in [6.07, 6.45) is 6.74. The molecule has 31 nitrogen and oxygen atoms in total. The number of nitrogens with one attached hydrogen (secondary N) is 10. The van der Waals surface area contributed by atoms with Gasteiger partial charge in [0.1, 0.15) is 59.9 Å². The predicted octanol–water partition coefficient (Wildman–Crippen LogP) is 2.06. The number of H-pyrrole nitrogens is 2. The molecular weight excluding hydrogens is 1430 g/mol. The number of aliphatic imine (C=N–C) groups is 1. The molecule has 0 aliphatic carbocycles. The van der Waals surface area contributed by atoms with Crippen LogP contribution in [0.25, 0.3) is 21.8 Å². The number of para-hydroxylation sites is 2. The summed E-state index contributed by atoms with van der Waals surface area (Å²) in [7, 11) is 0. The monoisotopic (exact) mass is 1540 g/mol. The average Bonchev–Trinajstić information content (AvgIpc) is 1.80. The molecule has 2 aliphatic rings. The van der Waals surface area contributed by atoms with E-state index in [1.165, 1.54) is 9.80 Å². The molecule has 4 aromatic carbocycles. The molecule has 10 atom stereocenters. The molecular formula is C81H113N19O12. The van der Waals surface area contributed by atoms with Crippen molar-refractivity contribution in [2.75, 3.05) is 26.2 Å². The number of guanidine groups is 1. The highest BCUT2D eigenvalue weighted by Crippen LogP contribution is 2.27. The standard InChI is InChI=1S/C81H113N19O12/c1-5-36-81(37-6-2,79(85)112)98-74(107)61(42-49(3)4)93-72(105)65(46-53-48-90-58-30-16-14-27-55(53)58)96-71(104)62(43-50-22-9-7-10-23-50)94-73(106)64(45-52-47-89-57-29-15-13-26-54(52)57)95-69(102)59(34-35-68(84)101)91-70(103)63(44-51-24-11-8-12-25-51)97-76(109)67-33-21-41-100(67)78(111)60(31-17-18-38-82)92-75(108)66-32-20-40-99(66)77(110)56(83)28-19-39-88-80(86)87/h7-16,22-27,29-30,47-49,56,59-67,89-90H,5-6,17-21,28,31-46,82-83H2,1-4H3,(H2,84,101)(H2,85,112)(H,91,103)(H,92,108)(H,93,105)(H,94,106)(H,95,102)(H,96,104)(H,97,109)(H,98,107)(H4,86,87,88)/t56-,59+,60+,61+,62+,63-,64-,65-,66+,67+/m1/s1. The number of amides is 12. The number of fused-ring (bicyclic) bond motifs is 2. The molecule has 0 unspecified atom stereocenters. The number of carbonyl (C=O) groups excluding carboxylic acids is 12. The molecule has 0 bridgehead atoms. The molecule has 8 rings (SSSR count). The van der Waals surface area contributed by atoms with Gasteiger partial charge in [-0.1, -0.05) is 138 Å². The second kappa shape index (κ2) is 42.3. The molecule has 112 heavy (non-hydrogen) atoms. The summed E-state index contributed by atoms with van der Waals surface area (Å²) in [6.45, 7) is 8.42. The second-order valence-electron chi connectivity index (χ2n) is 29.7. The third-order valence-corrected chi connectivity index (χ3v) is 20.7. The Morgan fingerprint density at radius 2 is 0.938 bits per heavy atom. The Balaban J connectivity index is 1.06. The Morgan fingerprint density at radius 1 is 0.500 bits per heavy atom. The van der Waals surface area contributed by atoms with E-state index >= 15 is 24.0 Å². The number of benzene rings is 4. The second-order valence-corrected chi connectivity index (χ2v) is 29.7. The number of nitrogens with zero attached hydrogens (tertiary/aromatic N) is 3. The first-order chi connectivity index (χ1) is 53.7. The van der Waals surface area contributed by atoms with Crippen LogP contribution in [0.3, 0.4) is 0 Å². The van der Waals surface area contributed by atoms with Crippen LogP contribution in [0.4, 0.5) is 0 Å². The molecule has 604 valence electrons. The van der Waals surface area contributed by atoms with Crippen LogP contribution in [0, 0.1) is 5.92 Å². The molecule has 2 fully saturated rings. The van der Waals surface area contributed by atoms with Crippen molar-refractivity contribution in [3.05, 3.63) is 144 Å². The fourth-order valence-corrected chi connectivity index (χ4v) is 14.9. The fraction of sp³-hybridized carbons (Fsp3) is 0.494. The van der Waals surface area contributed by atoms with E-state index < -0.39 is 150 Å². The first-order valence-electron chi connectivity index (χ1n) is 39.1. The third kappa shape index (κ3) is 24.4. The van der Waals surface area contributed by atoms with Gasteiger partial charge in [0.2, 0.25) is 70.9 Å². The lowest BCUT2D eigenvalue weighted by molar-refractivity contribution is -0.144. The number of likely N-dealkylation sites (tertiary alicyclic amines) is 2. The molecule has 0 radical (unpaired) electrons. The van der Waals surface area contributed by atoms with E-state index in [2.05, 4.69) is 57.5 Å². The van der Waals surface area contributed by atoms with Crippen LogP contribution in [-0.4, -0.2) is 189 Å². The minimum atomic E-state index is -1.62. The van der Waals surface area contributed by atoms with Gasteiger partial charge in [0.15, 0.2) is 5.96 Å². The van der Waals surface area contributed by atoms with Gasteiger partial charge in [0, 0.05) is 85.9 Å². The van der Waals surface area contributed by atoms with Gasteiger partial charge in [-0.3, -0.25) is 62.5 Å². The highest BCUT2D eigenvalue weighted by Gasteiger charge is 2.44. The molecule has 31 heteroatoms. The van der Waals surface area contributed by atoms with Crippen LogP contribution in [0.2, 0.25) is 0 Å². The number of primary amides is 2. The maximum Gasteiger partial charge on any atom is 0.245 e. The maximum atomic E-state index is 15.6. The first-order valence-corrected chi connectivity index (χ1v) is 39.1. The van der Waals surface area contributed by atoms with E-state index in [0.29, 0.717) is 91.1 Å². The molecule has 22 N–H and O–H groups in total. The van der Waals surface area contributed by atoms with E-state index in [0.717, 1.165) is 10.9 Å². The topological polar surface area (TPSA) is 508 Å². The van der Waals surface area contributed by atoms with Gasteiger partial charge in [-0.25, -0.2) is 0 Å². The van der Waals surface area contributed by atoms with Crippen LogP contribution >= 0.6 is 0 Å². The van der Waals surface area contributed by atoms with Gasteiger partial charge < -0.3 is 96.7 Å². The van der Waals surface area contributed by atoms with Gasteiger partial charge in [0.05, 0.1) is 6.04 Å².